The van der Waals surface area contributed by atoms with E-state index in [1.165, 1.54) is 25.1 Å². The summed E-state index contributed by atoms with van der Waals surface area (Å²) in [5, 5.41) is 0. The van der Waals surface area contributed by atoms with Crippen LogP contribution in [0.2, 0.25) is 0 Å². The van der Waals surface area contributed by atoms with Crippen LogP contribution in [0.4, 0.5) is 0 Å². The lowest BCUT2D eigenvalue weighted by Gasteiger charge is -2.24. The van der Waals surface area contributed by atoms with E-state index in [0.717, 1.165) is 0 Å². The highest BCUT2D eigenvalue weighted by molar-refractivity contribution is 5.94. The van der Waals surface area contributed by atoms with Gasteiger partial charge in [-0.1, -0.05) is 0 Å². The molecule has 1 atom stereocenters. The Labute approximate surface area is 94.3 Å². The van der Waals surface area contributed by atoms with Crippen LogP contribution >= 0.6 is 0 Å². The number of aromatic nitrogens is 1. The van der Waals surface area contributed by atoms with Crippen molar-refractivity contribution in [3.63, 3.8) is 0 Å². The molecule has 86 valence electrons. The summed E-state index contributed by atoms with van der Waals surface area (Å²) in [4.78, 5) is 27.4. The van der Waals surface area contributed by atoms with Crippen molar-refractivity contribution in [2.75, 3.05) is 7.05 Å². The van der Waals surface area contributed by atoms with Crippen molar-refractivity contribution in [3.8, 4) is 0 Å². The molecule has 4 nitrogen and oxygen atoms in total. The summed E-state index contributed by atoms with van der Waals surface area (Å²) in [6.45, 7) is 2.06. The maximum Gasteiger partial charge on any atom is 0.254 e. The van der Waals surface area contributed by atoms with Crippen molar-refractivity contribution in [2.24, 2.45) is 5.92 Å². The summed E-state index contributed by atoms with van der Waals surface area (Å²) >= 11 is 0. The minimum absolute atomic E-state index is 0.0782. The maximum atomic E-state index is 12.0. The molecular formula is C12H16N2O2. The average molecular weight is 220 g/mol. The minimum Gasteiger partial charge on any atom is -0.339 e. The molecule has 1 heterocycles. The molecule has 1 aromatic heterocycles. The van der Waals surface area contributed by atoms with Crippen LogP contribution in [-0.2, 0) is 0 Å². The van der Waals surface area contributed by atoms with Crippen LogP contribution in [-0.4, -0.2) is 28.9 Å². The lowest BCUT2D eigenvalue weighted by atomic mass is 10.1. The van der Waals surface area contributed by atoms with E-state index in [-0.39, 0.29) is 17.5 Å². The maximum absolute atomic E-state index is 12.0. The number of nitrogens with one attached hydrogen (secondary N) is 1. The lowest BCUT2D eigenvalue weighted by molar-refractivity contribution is 0.0727. The van der Waals surface area contributed by atoms with Gasteiger partial charge in [0.1, 0.15) is 0 Å². The monoisotopic (exact) mass is 220 g/mol. The average Bonchev–Trinajstić information content (AvgIpc) is 3.10. The first-order valence-corrected chi connectivity index (χ1v) is 5.55. The topological polar surface area (TPSA) is 53.2 Å². The smallest absolute Gasteiger partial charge is 0.254 e. The Hall–Kier alpha value is -1.58. The molecular weight excluding hydrogens is 204 g/mol. The Kier molecular flexibility index (Phi) is 2.81. The predicted molar refractivity (Wildman–Crippen MR) is 61.3 cm³/mol. The van der Waals surface area contributed by atoms with Gasteiger partial charge in [-0.15, -0.1) is 0 Å². The number of hydrogen-bond acceptors (Lipinski definition) is 2. The summed E-state index contributed by atoms with van der Waals surface area (Å²) in [7, 11) is 1.80. The number of carbonyl (C=O) groups excluding carboxylic acids is 1. The van der Waals surface area contributed by atoms with Crippen LogP contribution in [0.15, 0.2) is 23.1 Å². The Bertz CT molecular complexity index is 448. The first-order chi connectivity index (χ1) is 7.59. The number of pyridine rings is 1. The fourth-order valence-corrected chi connectivity index (χ4v) is 1.86. The standard InChI is InChI=1S/C12H16N2O2/c1-8(9-3-4-9)14(2)12(16)10-5-6-13-11(15)7-10/h5-9H,3-4H2,1-2H3,(H,13,15). The van der Waals surface area contributed by atoms with Gasteiger partial charge in [0, 0.05) is 30.9 Å². The fourth-order valence-electron chi connectivity index (χ4n) is 1.86. The number of amides is 1. The summed E-state index contributed by atoms with van der Waals surface area (Å²) in [5.74, 6) is 0.557. The highest BCUT2D eigenvalue weighted by Gasteiger charge is 2.32. The van der Waals surface area contributed by atoms with E-state index < -0.39 is 0 Å². The largest absolute Gasteiger partial charge is 0.339 e. The van der Waals surface area contributed by atoms with Crippen molar-refractivity contribution < 1.29 is 4.79 Å². The third-order valence-corrected chi connectivity index (χ3v) is 3.26. The number of nitrogens with zero attached hydrogens (tertiary/aromatic N) is 1. The van der Waals surface area contributed by atoms with Gasteiger partial charge in [-0.2, -0.15) is 0 Å². The van der Waals surface area contributed by atoms with Crippen molar-refractivity contribution in [1.29, 1.82) is 0 Å². The van der Waals surface area contributed by atoms with E-state index in [4.69, 9.17) is 0 Å². The molecule has 4 heteroatoms. The Morgan fingerprint density at radius 1 is 1.56 bits per heavy atom. The van der Waals surface area contributed by atoms with Gasteiger partial charge in [0.15, 0.2) is 0 Å². The highest BCUT2D eigenvalue weighted by Crippen LogP contribution is 2.34. The van der Waals surface area contributed by atoms with Crippen molar-refractivity contribution in [3.05, 3.63) is 34.2 Å². The van der Waals surface area contributed by atoms with Gasteiger partial charge in [0.2, 0.25) is 5.56 Å². The molecule has 1 fully saturated rings. The van der Waals surface area contributed by atoms with Crippen molar-refractivity contribution in [1.82, 2.24) is 9.88 Å². The van der Waals surface area contributed by atoms with Crippen LogP contribution in [0.1, 0.15) is 30.1 Å². The molecule has 0 bridgehead atoms. The number of hydrogen-bond donors (Lipinski definition) is 1. The van der Waals surface area contributed by atoms with Crippen LogP contribution in [0, 0.1) is 5.92 Å². The zero-order valence-electron chi connectivity index (χ0n) is 9.56. The second-order valence-corrected chi connectivity index (χ2v) is 4.44. The quantitative estimate of drug-likeness (QED) is 0.833. The number of rotatable bonds is 3. The van der Waals surface area contributed by atoms with Gasteiger partial charge < -0.3 is 9.88 Å². The molecule has 0 spiro atoms. The number of aromatic amines is 1. The summed E-state index contributed by atoms with van der Waals surface area (Å²) in [6.07, 6.45) is 3.91. The molecule has 0 saturated heterocycles. The molecule has 1 saturated carbocycles. The molecule has 1 unspecified atom stereocenters. The van der Waals surface area contributed by atoms with Gasteiger partial charge in [-0.3, -0.25) is 9.59 Å². The normalized spacial score (nSPS) is 16.9. The summed E-state index contributed by atoms with van der Waals surface area (Å²) in [5.41, 5.74) is 0.220. The van der Waals surface area contributed by atoms with Crippen LogP contribution in [0.5, 0.6) is 0 Å². The Balaban J connectivity index is 2.14. The first-order valence-electron chi connectivity index (χ1n) is 5.55. The Morgan fingerprint density at radius 3 is 2.81 bits per heavy atom. The van der Waals surface area contributed by atoms with Gasteiger partial charge >= 0.3 is 0 Å². The van der Waals surface area contributed by atoms with Crippen LogP contribution in [0.25, 0.3) is 0 Å². The van der Waals surface area contributed by atoms with Crippen molar-refractivity contribution >= 4 is 5.91 Å². The fraction of sp³-hybridized carbons (Fsp3) is 0.500. The molecule has 0 aliphatic heterocycles. The number of H-pyrrole nitrogens is 1. The van der Waals surface area contributed by atoms with Crippen LogP contribution in [0.3, 0.4) is 0 Å². The third kappa shape index (κ3) is 2.15. The van der Waals surface area contributed by atoms with E-state index in [0.29, 0.717) is 11.5 Å². The molecule has 1 aromatic rings. The van der Waals surface area contributed by atoms with Gasteiger partial charge in [-0.05, 0) is 31.7 Å². The summed E-state index contributed by atoms with van der Waals surface area (Å²) in [6, 6.07) is 3.24. The van der Waals surface area contributed by atoms with Crippen LogP contribution < -0.4 is 5.56 Å². The van der Waals surface area contributed by atoms with Gasteiger partial charge in [-0.25, -0.2) is 0 Å². The molecule has 2 rings (SSSR count). The zero-order chi connectivity index (χ0) is 11.7. The van der Waals surface area contributed by atoms with E-state index in [1.807, 2.05) is 0 Å². The van der Waals surface area contributed by atoms with E-state index in [9.17, 15) is 9.59 Å². The lowest BCUT2D eigenvalue weighted by Crippen LogP contribution is -2.36. The molecule has 1 aliphatic carbocycles. The second kappa shape index (κ2) is 4.12. The Morgan fingerprint density at radius 2 is 2.25 bits per heavy atom. The first kappa shape index (κ1) is 10.9. The van der Waals surface area contributed by atoms with E-state index in [1.54, 1.807) is 18.0 Å². The van der Waals surface area contributed by atoms with Gasteiger partial charge in [0.05, 0.1) is 0 Å². The van der Waals surface area contributed by atoms with E-state index >= 15 is 0 Å². The minimum atomic E-state index is -0.238. The highest BCUT2D eigenvalue weighted by atomic mass is 16.2. The molecule has 1 aliphatic rings. The van der Waals surface area contributed by atoms with Gasteiger partial charge in [0.25, 0.3) is 5.91 Å². The SMILES string of the molecule is CC(C1CC1)N(C)C(=O)c1cc[nH]c(=O)c1. The number of carbonyl (C=O) groups is 1. The third-order valence-electron chi connectivity index (χ3n) is 3.26. The molecule has 1 N–H and O–H groups in total. The van der Waals surface area contributed by atoms with Crippen molar-refractivity contribution in [2.45, 2.75) is 25.8 Å². The zero-order valence-corrected chi connectivity index (χ0v) is 9.56. The molecule has 16 heavy (non-hydrogen) atoms. The molecule has 1 amide bonds. The molecule has 0 aromatic carbocycles. The van der Waals surface area contributed by atoms with E-state index in [2.05, 4.69) is 11.9 Å². The predicted octanol–water partition coefficient (Wildman–Crippen LogP) is 1.25. The molecule has 0 radical (unpaired) electrons. The second-order valence-electron chi connectivity index (χ2n) is 4.44. The summed E-state index contributed by atoms with van der Waals surface area (Å²) < 4.78 is 0.